The number of nitrogens with zero attached hydrogens (tertiary/aromatic N) is 1. The molecule has 0 bridgehead atoms. The molecule has 1 heterocycles. The maximum absolute atomic E-state index is 10.4. The average molecular weight is 139 g/mol. The van der Waals surface area contributed by atoms with Crippen LogP contribution in [0.15, 0.2) is 17.1 Å². The molecule has 0 fully saturated rings. The monoisotopic (exact) mass is 139 g/mol. The van der Waals surface area contributed by atoms with Crippen LogP contribution in [-0.4, -0.2) is 16.4 Å². The summed E-state index contributed by atoms with van der Waals surface area (Å²) in [6.07, 6.45) is 1.86. The molecule has 1 aromatic rings. The fourth-order valence-corrected chi connectivity index (χ4v) is 0.512. The van der Waals surface area contributed by atoms with E-state index in [1.807, 2.05) is 0 Å². The summed E-state index contributed by atoms with van der Waals surface area (Å²) in [7, 11) is 0. The number of hydrogen-bond acceptors (Lipinski definition) is 3. The molecule has 0 saturated heterocycles. The highest BCUT2D eigenvalue weighted by Crippen LogP contribution is 1.91. The van der Waals surface area contributed by atoms with E-state index in [1.54, 1.807) is 0 Å². The molecular weight excluding hydrogens is 134 g/mol. The van der Waals surface area contributed by atoms with Crippen LogP contribution in [0.5, 0.6) is 0 Å². The Morgan fingerprint density at radius 1 is 1.70 bits per heavy atom. The first-order valence-electron chi connectivity index (χ1n) is 2.59. The van der Waals surface area contributed by atoms with Gasteiger partial charge in [0.05, 0.1) is 0 Å². The largest absolute Gasteiger partial charge is 0.346 e. The van der Waals surface area contributed by atoms with E-state index < -0.39 is 5.69 Å². The van der Waals surface area contributed by atoms with Gasteiger partial charge < -0.3 is 10.3 Å². The molecule has 1 amide bonds. The first kappa shape index (κ1) is 6.47. The molecule has 0 atom stereocenters. The quantitative estimate of drug-likeness (QED) is 0.534. The first-order valence-corrected chi connectivity index (χ1v) is 2.59. The van der Waals surface area contributed by atoms with Crippen LogP contribution in [-0.2, 0) is 4.79 Å². The summed E-state index contributed by atoms with van der Waals surface area (Å²) in [4.78, 5) is 26.0. The highest BCUT2D eigenvalue weighted by molar-refractivity contribution is 5.68. The van der Waals surface area contributed by atoms with Crippen LogP contribution in [0.25, 0.3) is 0 Å². The fourth-order valence-electron chi connectivity index (χ4n) is 0.512. The van der Waals surface area contributed by atoms with Crippen molar-refractivity contribution in [3.05, 3.63) is 22.7 Å². The van der Waals surface area contributed by atoms with Crippen molar-refractivity contribution < 1.29 is 4.79 Å². The second-order valence-electron chi connectivity index (χ2n) is 1.54. The summed E-state index contributed by atoms with van der Waals surface area (Å²) in [5, 5.41) is 2.24. The molecule has 1 rings (SSSR count). The summed E-state index contributed by atoms with van der Waals surface area (Å²) < 4.78 is 0. The lowest BCUT2D eigenvalue weighted by Crippen LogP contribution is -2.11. The van der Waals surface area contributed by atoms with Crippen molar-refractivity contribution in [2.45, 2.75) is 0 Å². The molecule has 10 heavy (non-hydrogen) atoms. The highest BCUT2D eigenvalue weighted by Gasteiger charge is 1.88. The molecular formula is C5H5N3O2. The van der Waals surface area contributed by atoms with Gasteiger partial charge >= 0.3 is 5.69 Å². The molecule has 2 N–H and O–H groups in total. The molecule has 0 unspecified atom stereocenters. The Hall–Kier alpha value is -1.65. The van der Waals surface area contributed by atoms with Crippen molar-refractivity contribution in [1.82, 2.24) is 9.97 Å². The molecule has 1 aromatic heterocycles. The molecule has 5 heteroatoms. The SMILES string of the molecule is O=CNc1cc[nH]c(=O)n1. The molecule has 0 aliphatic carbocycles. The second-order valence-corrected chi connectivity index (χ2v) is 1.54. The number of aromatic amines is 1. The van der Waals surface area contributed by atoms with Crippen LogP contribution in [0.3, 0.4) is 0 Å². The summed E-state index contributed by atoms with van der Waals surface area (Å²) >= 11 is 0. The predicted molar refractivity (Wildman–Crippen MR) is 34.5 cm³/mol. The lowest BCUT2D eigenvalue weighted by Gasteiger charge is -1.91. The van der Waals surface area contributed by atoms with Gasteiger partial charge in [-0.3, -0.25) is 4.79 Å². The van der Waals surface area contributed by atoms with E-state index >= 15 is 0 Å². The van der Waals surface area contributed by atoms with Crippen molar-refractivity contribution >= 4 is 12.2 Å². The number of H-pyrrole nitrogens is 1. The summed E-state index contributed by atoms with van der Waals surface area (Å²) in [5.41, 5.74) is -0.480. The van der Waals surface area contributed by atoms with Gasteiger partial charge in [0.2, 0.25) is 6.41 Å². The minimum Gasteiger partial charge on any atom is -0.313 e. The van der Waals surface area contributed by atoms with Gasteiger partial charge in [0, 0.05) is 6.20 Å². The third-order valence-corrected chi connectivity index (χ3v) is 0.877. The van der Waals surface area contributed by atoms with E-state index in [1.165, 1.54) is 12.3 Å². The second kappa shape index (κ2) is 2.77. The zero-order chi connectivity index (χ0) is 7.40. The number of hydrogen-bond donors (Lipinski definition) is 2. The zero-order valence-corrected chi connectivity index (χ0v) is 5.00. The van der Waals surface area contributed by atoms with Gasteiger partial charge in [-0.2, -0.15) is 4.98 Å². The lowest BCUT2D eigenvalue weighted by molar-refractivity contribution is -0.105. The summed E-state index contributed by atoms with van der Waals surface area (Å²) in [5.74, 6) is 0.249. The average Bonchev–Trinajstić information content (AvgIpc) is 1.88. The van der Waals surface area contributed by atoms with Crippen LogP contribution in [0.1, 0.15) is 0 Å². The third kappa shape index (κ3) is 1.41. The Morgan fingerprint density at radius 3 is 3.10 bits per heavy atom. The van der Waals surface area contributed by atoms with Crippen LogP contribution in [0, 0.1) is 0 Å². The van der Waals surface area contributed by atoms with Crippen LogP contribution < -0.4 is 11.0 Å². The van der Waals surface area contributed by atoms with E-state index in [-0.39, 0.29) is 5.82 Å². The van der Waals surface area contributed by atoms with Crippen LogP contribution in [0.2, 0.25) is 0 Å². The normalized spacial score (nSPS) is 8.80. The Balaban J connectivity index is 2.95. The molecule has 5 nitrogen and oxygen atoms in total. The maximum atomic E-state index is 10.4. The van der Waals surface area contributed by atoms with Gasteiger partial charge in [-0.05, 0) is 6.07 Å². The topological polar surface area (TPSA) is 74.8 Å². The van der Waals surface area contributed by atoms with Crippen LogP contribution in [0.4, 0.5) is 5.82 Å². The van der Waals surface area contributed by atoms with Crippen molar-refractivity contribution in [3.8, 4) is 0 Å². The van der Waals surface area contributed by atoms with E-state index in [0.29, 0.717) is 6.41 Å². The Labute approximate surface area is 56.1 Å². The number of aromatic nitrogens is 2. The van der Waals surface area contributed by atoms with Gasteiger partial charge in [0.15, 0.2) is 0 Å². The molecule has 0 aliphatic rings. The first-order chi connectivity index (χ1) is 4.83. The minimum atomic E-state index is -0.480. The van der Waals surface area contributed by atoms with Crippen molar-refractivity contribution in [2.24, 2.45) is 0 Å². The number of anilines is 1. The van der Waals surface area contributed by atoms with Gasteiger partial charge in [-0.15, -0.1) is 0 Å². The number of nitrogens with one attached hydrogen (secondary N) is 2. The van der Waals surface area contributed by atoms with E-state index in [0.717, 1.165) is 0 Å². The van der Waals surface area contributed by atoms with Crippen molar-refractivity contribution in [1.29, 1.82) is 0 Å². The van der Waals surface area contributed by atoms with E-state index in [4.69, 9.17) is 0 Å². The summed E-state index contributed by atoms with van der Waals surface area (Å²) in [6, 6.07) is 1.48. The zero-order valence-electron chi connectivity index (χ0n) is 5.00. The van der Waals surface area contributed by atoms with Crippen LogP contribution >= 0.6 is 0 Å². The Kier molecular flexibility index (Phi) is 1.79. The Morgan fingerprint density at radius 2 is 2.50 bits per heavy atom. The van der Waals surface area contributed by atoms with Gasteiger partial charge in [0.1, 0.15) is 5.82 Å². The molecule has 0 aromatic carbocycles. The molecule has 0 radical (unpaired) electrons. The highest BCUT2D eigenvalue weighted by atomic mass is 16.1. The van der Waals surface area contributed by atoms with E-state index in [2.05, 4.69) is 15.3 Å². The maximum Gasteiger partial charge on any atom is 0.346 e. The number of carbonyl (C=O) groups excluding carboxylic acids is 1. The van der Waals surface area contributed by atoms with Gasteiger partial charge in [0.25, 0.3) is 0 Å². The number of rotatable bonds is 2. The van der Waals surface area contributed by atoms with E-state index in [9.17, 15) is 9.59 Å². The van der Waals surface area contributed by atoms with Crippen molar-refractivity contribution in [2.75, 3.05) is 5.32 Å². The number of amides is 1. The summed E-state index contributed by atoms with van der Waals surface area (Å²) in [6.45, 7) is 0. The molecule has 52 valence electrons. The Bertz CT molecular complexity index is 280. The molecule has 0 aliphatic heterocycles. The molecule has 0 spiro atoms. The lowest BCUT2D eigenvalue weighted by atomic mass is 10.6. The fraction of sp³-hybridized carbons (Fsp3) is 0. The predicted octanol–water partition coefficient (Wildman–Crippen LogP) is -0.662. The molecule has 0 saturated carbocycles. The standard InChI is InChI=1S/C5H5N3O2/c9-3-7-4-1-2-6-5(10)8-4/h1-3H,(H2,6,7,8,9,10). The third-order valence-electron chi connectivity index (χ3n) is 0.877. The minimum absolute atomic E-state index is 0.249. The van der Waals surface area contributed by atoms with Gasteiger partial charge in [-0.1, -0.05) is 0 Å². The smallest absolute Gasteiger partial charge is 0.313 e. The number of carbonyl (C=O) groups is 1. The van der Waals surface area contributed by atoms with Gasteiger partial charge in [-0.25, -0.2) is 4.79 Å². The van der Waals surface area contributed by atoms with Crippen molar-refractivity contribution in [3.63, 3.8) is 0 Å².